The summed E-state index contributed by atoms with van der Waals surface area (Å²) in [6.07, 6.45) is 8.05. The van der Waals surface area contributed by atoms with Crippen molar-refractivity contribution >= 4 is 15.7 Å². The zero-order valence-corrected chi connectivity index (χ0v) is 13.9. The first kappa shape index (κ1) is 14.8. The monoisotopic (exact) mass is 308 g/mol. The van der Waals surface area contributed by atoms with Gasteiger partial charge in [0.2, 0.25) is 0 Å². The van der Waals surface area contributed by atoms with Crippen LogP contribution in [0.1, 0.15) is 39.5 Å². The number of hydrogen-bond donors (Lipinski definition) is 0. The molecule has 2 heterocycles. The maximum absolute atomic E-state index is 11.5. The first-order valence-electron chi connectivity index (χ1n) is 7.76. The molecule has 0 unspecified atom stereocenters. The lowest BCUT2D eigenvalue weighted by atomic mass is 9.66. The van der Waals surface area contributed by atoms with Crippen LogP contribution in [0.2, 0.25) is 0 Å². The van der Waals surface area contributed by atoms with Crippen LogP contribution in [-0.4, -0.2) is 32.2 Å². The molecule has 1 atom stereocenters. The minimum atomic E-state index is -3.17. The molecule has 21 heavy (non-hydrogen) atoms. The molecule has 1 aromatic rings. The lowest BCUT2D eigenvalue weighted by Gasteiger charge is -2.59. The number of hydrogen-bond acceptors (Lipinski definition) is 4. The molecule has 0 N–H and O–H groups in total. The van der Waals surface area contributed by atoms with Crippen molar-refractivity contribution in [3.8, 4) is 0 Å². The summed E-state index contributed by atoms with van der Waals surface area (Å²) in [5.41, 5.74) is 0.478. The van der Waals surface area contributed by atoms with E-state index in [1.54, 1.807) is 6.07 Å². The van der Waals surface area contributed by atoms with E-state index in [1.807, 2.05) is 6.07 Å². The second kappa shape index (κ2) is 4.97. The summed E-state index contributed by atoms with van der Waals surface area (Å²) in [6.45, 7) is 5.63. The van der Waals surface area contributed by atoms with Crippen LogP contribution in [0, 0.1) is 11.3 Å². The van der Waals surface area contributed by atoms with E-state index < -0.39 is 9.84 Å². The average Bonchev–Trinajstić information content (AvgIpc) is 2.85. The van der Waals surface area contributed by atoms with Crippen LogP contribution in [0.5, 0.6) is 0 Å². The third-order valence-electron chi connectivity index (χ3n) is 5.12. The molecule has 0 amide bonds. The van der Waals surface area contributed by atoms with Crippen molar-refractivity contribution in [2.45, 2.75) is 50.5 Å². The summed E-state index contributed by atoms with van der Waals surface area (Å²) in [5, 5.41) is 0. The molecule has 0 radical (unpaired) electrons. The van der Waals surface area contributed by atoms with E-state index >= 15 is 0 Å². The fraction of sp³-hybridized carbons (Fsp3) is 0.688. The van der Waals surface area contributed by atoms with Gasteiger partial charge in [0.05, 0.1) is 4.90 Å². The Balaban J connectivity index is 1.84. The van der Waals surface area contributed by atoms with E-state index in [9.17, 15) is 8.42 Å². The van der Waals surface area contributed by atoms with Crippen LogP contribution in [0.25, 0.3) is 0 Å². The predicted octanol–water partition coefficient (Wildman–Crippen LogP) is 2.89. The highest BCUT2D eigenvalue weighted by atomic mass is 32.2. The van der Waals surface area contributed by atoms with Crippen molar-refractivity contribution in [1.29, 1.82) is 0 Å². The number of nitrogens with zero attached hydrogens (tertiary/aromatic N) is 2. The van der Waals surface area contributed by atoms with E-state index in [0.29, 0.717) is 22.3 Å². The van der Waals surface area contributed by atoms with Gasteiger partial charge in [0.1, 0.15) is 5.82 Å². The summed E-state index contributed by atoms with van der Waals surface area (Å²) in [5.74, 6) is 1.51. The smallest absolute Gasteiger partial charge is 0.177 e. The Kier molecular flexibility index (Phi) is 3.51. The van der Waals surface area contributed by atoms with Crippen molar-refractivity contribution in [2.24, 2.45) is 11.3 Å². The molecular weight excluding hydrogens is 284 g/mol. The number of pyridine rings is 1. The summed E-state index contributed by atoms with van der Waals surface area (Å²) >= 11 is 0. The van der Waals surface area contributed by atoms with Gasteiger partial charge in [0.25, 0.3) is 0 Å². The van der Waals surface area contributed by atoms with Gasteiger partial charge in [-0.25, -0.2) is 13.4 Å². The van der Waals surface area contributed by atoms with Crippen molar-refractivity contribution in [2.75, 3.05) is 17.7 Å². The molecule has 4 nitrogen and oxygen atoms in total. The molecule has 1 aliphatic carbocycles. The van der Waals surface area contributed by atoms with E-state index in [-0.39, 0.29) is 0 Å². The third-order valence-corrected chi connectivity index (χ3v) is 6.22. The van der Waals surface area contributed by atoms with Crippen LogP contribution in [0.15, 0.2) is 23.2 Å². The zero-order valence-electron chi connectivity index (χ0n) is 13.0. The number of aromatic nitrogens is 1. The van der Waals surface area contributed by atoms with Crippen molar-refractivity contribution in [3.63, 3.8) is 0 Å². The quantitative estimate of drug-likeness (QED) is 0.861. The maximum atomic E-state index is 11.5. The summed E-state index contributed by atoms with van der Waals surface area (Å²) in [6, 6.07) is 4.07. The highest BCUT2D eigenvalue weighted by molar-refractivity contribution is 7.90. The van der Waals surface area contributed by atoms with Crippen molar-refractivity contribution in [1.82, 2.24) is 4.98 Å². The van der Waals surface area contributed by atoms with Crippen LogP contribution >= 0.6 is 0 Å². The van der Waals surface area contributed by atoms with Crippen LogP contribution in [0.3, 0.4) is 0 Å². The van der Waals surface area contributed by atoms with Gasteiger partial charge in [0, 0.05) is 30.5 Å². The Morgan fingerprint density at radius 2 is 1.95 bits per heavy atom. The molecule has 1 saturated heterocycles. The third kappa shape index (κ3) is 2.45. The standard InChI is InChI=1S/C16H24N2O2S/c1-12(2)15-16(8-4-5-9-16)11-18(15)14-7-6-13(10-17-14)21(3,19)20/h6-7,10,12,15H,4-5,8-9,11H2,1-3H3/t15-/m0/s1. The summed E-state index contributed by atoms with van der Waals surface area (Å²) in [4.78, 5) is 7.06. The van der Waals surface area contributed by atoms with Gasteiger partial charge >= 0.3 is 0 Å². The molecular formula is C16H24N2O2S. The minimum Gasteiger partial charge on any atom is -0.352 e. The fourth-order valence-corrected chi connectivity index (χ4v) is 4.89. The van der Waals surface area contributed by atoms with Gasteiger partial charge < -0.3 is 4.90 Å². The molecule has 5 heteroatoms. The molecule has 2 fully saturated rings. The topological polar surface area (TPSA) is 50.3 Å². The maximum Gasteiger partial charge on any atom is 0.177 e. The van der Waals surface area contributed by atoms with Gasteiger partial charge in [0.15, 0.2) is 9.84 Å². The SMILES string of the molecule is CC(C)[C@@H]1N(c2ccc(S(C)(=O)=O)cn2)CC12CCCC2. The molecule has 3 rings (SSSR count). The molecule has 1 saturated carbocycles. The number of rotatable bonds is 3. The molecule has 2 aliphatic rings. The zero-order chi connectivity index (χ0) is 15.3. The molecule has 0 aromatic carbocycles. The Morgan fingerprint density at radius 1 is 1.29 bits per heavy atom. The van der Waals surface area contributed by atoms with E-state index in [2.05, 4.69) is 23.7 Å². The van der Waals surface area contributed by atoms with E-state index in [4.69, 9.17) is 0 Å². The molecule has 0 bridgehead atoms. The normalized spacial score (nSPS) is 24.6. The van der Waals surface area contributed by atoms with Gasteiger partial charge in [-0.2, -0.15) is 0 Å². The lowest BCUT2D eigenvalue weighted by Crippen LogP contribution is -2.66. The fourth-order valence-electron chi connectivity index (χ4n) is 4.33. The first-order valence-corrected chi connectivity index (χ1v) is 9.65. The van der Waals surface area contributed by atoms with Gasteiger partial charge in [-0.15, -0.1) is 0 Å². The molecule has 116 valence electrons. The van der Waals surface area contributed by atoms with Gasteiger partial charge in [-0.3, -0.25) is 0 Å². The largest absolute Gasteiger partial charge is 0.352 e. The van der Waals surface area contributed by atoms with Gasteiger partial charge in [-0.05, 0) is 30.9 Å². The Labute approximate surface area is 127 Å². The second-order valence-corrected chi connectivity index (χ2v) is 9.03. The predicted molar refractivity (Wildman–Crippen MR) is 84.2 cm³/mol. The highest BCUT2D eigenvalue weighted by Gasteiger charge is 2.54. The number of sulfone groups is 1. The average molecular weight is 308 g/mol. The number of anilines is 1. The Bertz CT molecular complexity index is 616. The van der Waals surface area contributed by atoms with E-state index in [0.717, 1.165) is 12.4 Å². The minimum absolute atomic E-state index is 0.295. The summed E-state index contributed by atoms with van der Waals surface area (Å²) in [7, 11) is -3.17. The second-order valence-electron chi connectivity index (χ2n) is 7.01. The molecule has 1 aromatic heterocycles. The van der Waals surface area contributed by atoms with Crippen molar-refractivity contribution < 1.29 is 8.42 Å². The Morgan fingerprint density at radius 3 is 2.43 bits per heavy atom. The lowest BCUT2D eigenvalue weighted by molar-refractivity contribution is 0.0980. The molecule has 1 aliphatic heterocycles. The Hall–Kier alpha value is -1.10. The van der Waals surface area contributed by atoms with Crippen LogP contribution in [-0.2, 0) is 9.84 Å². The van der Waals surface area contributed by atoms with E-state index in [1.165, 1.54) is 38.1 Å². The van der Waals surface area contributed by atoms with Crippen LogP contribution < -0.4 is 4.90 Å². The van der Waals surface area contributed by atoms with Crippen molar-refractivity contribution in [3.05, 3.63) is 18.3 Å². The van der Waals surface area contributed by atoms with Crippen LogP contribution in [0.4, 0.5) is 5.82 Å². The highest BCUT2D eigenvalue weighted by Crippen LogP contribution is 2.53. The molecule has 1 spiro atoms. The first-order chi connectivity index (χ1) is 9.83. The summed E-state index contributed by atoms with van der Waals surface area (Å²) < 4.78 is 23.0. The van der Waals surface area contributed by atoms with Gasteiger partial charge in [-0.1, -0.05) is 26.7 Å².